The lowest BCUT2D eigenvalue weighted by atomic mass is 10.2. The molecule has 1 aromatic carbocycles. The normalized spacial score (nSPS) is 13.4. The van der Waals surface area contributed by atoms with Crippen LogP contribution in [0.3, 0.4) is 0 Å². The fourth-order valence-corrected chi connectivity index (χ4v) is 1.50. The van der Waals surface area contributed by atoms with E-state index in [1.54, 1.807) is 0 Å². The predicted molar refractivity (Wildman–Crippen MR) is 72.5 cm³/mol. The number of hydrogen-bond donors (Lipinski definition) is 2. The number of esters is 1. The Morgan fingerprint density at radius 1 is 1.37 bits per heavy atom. The summed E-state index contributed by atoms with van der Waals surface area (Å²) in [6.45, 7) is 1.66. The van der Waals surface area contributed by atoms with Crippen LogP contribution in [0.1, 0.15) is 12.5 Å². The monoisotopic (exact) mass is 284 g/mol. The largest absolute Gasteiger partial charge is 0.459 e. The van der Waals surface area contributed by atoms with E-state index in [4.69, 9.17) is 22.1 Å². The summed E-state index contributed by atoms with van der Waals surface area (Å²) in [5, 5.41) is 2.43. The summed E-state index contributed by atoms with van der Waals surface area (Å²) >= 11 is 5.64. The highest BCUT2D eigenvalue weighted by Crippen LogP contribution is 2.03. The maximum absolute atomic E-state index is 11.7. The van der Waals surface area contributed by atoms with Crippen molar-refractivity contribution in [1.29, 1.82) is 0 Å². The number of carbonyl (C=O) groups is 2. The molecule has 1 amide bonds. The Labute approximate surface area is 117 Å². The highest BCUT2D eigenvalue weighted by molar-refractivity contribution is 6.20. The first kappa shape index (κ1) is 15.5. The van der Waals surface area contributed by atoms with Crippen molar-refractivity contribution in [1.82, 2.24) is 5.32 Å². The number of nitrogens with one attached hydrogen (secondary N) is 1. The molecule has 1 aromatic rings. The second kappa shape index (κ2) is 7.76. The molecule has 6 heteroatoms. The van der Waals surface area contributed by atoms with Gasteiger partial charge in [0.15, 0.2) is 0 Å². The lowest BCUT2D eigenvalue weighted by Crippen LogP contribution is -2.48. The van der Waals surface area contributed by atoms with Gasteiger partial charge in [0.25, 0.3) is 0 Å². The number of rotatable bonds is 6. The van der Waals surface area contributed by atoms with E-state index in [9.17, 15) is 9.59 Å². The molecule has 0 saturated carbocycles. The van der Waals surface area contributed by atoms with Crippen LogP contribution in [0.5, 0.6) is 0 Å². The van der Waals surface area contributed by atoms with E-state index in [0.717, 1.165) is 5.56 Å². The standard InChI is InChI=1S/C13H17ClN2O3/c1-9(15)12(17)16-11(7-14)13(18)19-8-10-5-3-2-4-6-10/h2-6,9,11H,7-8,15H2,1H3,(H,16,17). The fraction of sp³-hybridized carbons (Fsp3) is 0.385. The SMILES string of the molecule is CC(N)C(=O)NC(CCl)C(=O)OCc1ccccc1. The van der Waals surface area contributed by atoms with E-state index in [2.05, 4.69) is 5.32 Å². The first-order valence-electron chi connectivity index (χ1n) is 5.87. The Morgan fingerprint density at radius 2 is 2.00 bits per heavy atom. The lowest BCUT2D eigenvalue weighted by molar-refractivity contribution is -0.148. The van der Waals surface area contributed by atoms with Crippen LogP contribution in [0, 0.1) is 0 Å². The van der Waals surface area contributed by atoms with Crippen molar-refractivity contribution in [2.45, 2.75) is 25.6 Å². The minimum atomic E-state index is -0.885. The van der Waals surface area contributed by atoms with E-state index in [1.165, 1.54) is 6.92 Å². The molecule has 3 N–H and O–H groups in total. The molecule has 0 saturated heterocycles. The third-order valence-corrected chi connectivity index (χ3v) is 2.70. The molecule has 19 heavy (non-hydrogen) atoms. The van der Waals surface area contributed by atoms with Crippen LogP contribution in [0.2, 0.25) is 0 Å². The van der Waals surface area contributed by atoms with Crippen LogP contribution in [-0.2, 0) is 20.9 Å². The Morgan fingerprint density at radius 3 is 2.53 bits per heavy atom. The Hall–Kier alpha value is -1.59. The summed E-state index contributed by atoms with van der Waals surface area (Å²) in [6, 6.07) is 7.65. The molecular formula is C13H17ClN2O3. The van der Waals surface area contributed by atoms with Crippen molar-refractivity contribution in [3.63, 3.8) is 0 Å². The smallest absolute Gasteiger partial charge is 0.330 e. The maximum Gasteiger partial charge on any atom is 0.330 e. The molecule has 0 aliphatic heterocycles. The zero-order valence-electron chi connectivity index (χ0n) is 10.6. The van der Waals surface area contributed by atoms with Gasteiger partial charge >= 0.3 is 5.97 Å². The van der Waals surface area contributed by atoms with Crippen molar-refractivity contribution in [2.75, 3.05) is 5.88 Å². The van der Waals surface area contributed by atoms with Gasteiger partial charge in [0.2, 0.25) is 5.91 Å². The van der Waals surface area contributed by atoms with E-state index in [0.29, 0.717) is 0 Å². The lowest BCUT2D eigenvalue weighted by Gasteiger charge is -2.16. The molecule has 0 aliphatic rings. The zero-order chi connectivity index (χ0) is 14.3. The van der Waals surface area contributed by atoms with Crippen LogP contribution in [0.25, 0.3) is 0 Å². The average Bonchev–Trinajstić information content (AvgIpc) is 2.42. The number of nitrogens with two attached hydrogens (primary N) is 1. The highest BCUT2D eigenvalue weighted by Gasteiger charge is 2.22. The number of benzene rings is 1. The molecule has 0 radical (unpaired) electrons. The molecule has 0 spiro atoms. The van der Waals surface area contributed by atoms with Gasteiger partial charge in [0.05, 0.1) is 11.9 Å². The number of alkyl halides is 1. The topological polar surface area (TPSA) is 81.4 Å². The number of ether oxygens (including phenoxy) is 1. The van der Waals surface area contributed by atoms with Crippen LogP contribution in [0.15, 0.2) is 30.3 Å². The fourth-order valence-electron chi connectivity index (χ4n) is 1.29. The molecule has 1 rings (SSSR count). The van der Waals surface area contributed by atoms with Gasteiger partial charge in [0.1, 0.15) is 12.6 Å². The quantitative estimate of drug-likeness (QED) is 0.598. The van der Waals surface area contributed by atoms with Crippen molar-refractivity contribution in [3.8, 4) is 0 Å². The Bertz CT molecular complexity index is 423. The van der Waals surface area contributed by atoms with E-state index < -0.39 is 24.0 Å². The molecule has 2 unspecified atom stereocenters. The van der Waals surface area contributed by atoms with Crippen molar-refractivity contribution in [3.05, 3.63) is 35.9 Å². The minimum absolute atomic E-state index is 0.0634. The number of halogens is 1. The molecule has 104 valence electrons. The summed E-state index contributed by atoms with van der Waals surface area (Å²) in [4.78, 5) is 23.1. The molecule has 0 aromatic heterocycles. The Balaban J connectivity index is 2.48. The van der Waals surface area contributed by atoms with Crippen LogP contribution in [0.4, 0.5) is 0 Å². The van der Waals surface area contributed by atoms with Crippen LogP contribution < -0.4 is 11.1 Å². The van der Waals surface area contributed by atoms with E-state index in [1.807, 2.05) is 30.3 Å². The molecule has 0 heterocycles. The van der Waals surface area contributed by atoms with Crippen molar-refractivity contribution >= 4 is 23.5 Å². The summed E-state index contributed by atoms with van der Waals surface area (Å²) in [5.74, 6) is -1.08. The summed E-state index contributed by atoms with van der Waals surface area (Å²) < 4.78 is 5.08. The summed E-state index contributed by atoms with van der Waals surface area (Å²) in [5.41, 5.74) is 6.26. The number of hydrogen-bond acceptors (Lipinski definition) is 4. The minimum Gasteiger partial charge on any atom is -0.459 e. The number of carbonyl (C=O) groups excluding carboxylic acids is 2. The van der Waals surface area contributed by atoms with Gasteiger partial charge in [-0.3, -0.25) is 4.79 Å². The van der Waals surface area contributed by atoms with E-state index in [-0.39, 0.29) is 12.5 Å². The molecule has 0 bridgehead atoms. The van der Waals surface area contributed by atoms with Gasteiger partial charge in [-0.05, 0) is 12.5 Å². The van der Waals surface area contributed by atoms with Gasteiger partial charge in [0, 0.05) is 0 Å². The summed E-state index contributed by atoms with van der Waals surface area (Å²) in [7, 11) is 0. The number of amides is 1. The van der Waals surface area contributed by atoms with Crippen molar-refractivity contribution < 1.29 is 14.3 Å². The molecule has 2 atom stereocenters. The van der Waals surface area contributed by atoms with E-state index >= 15 is 0 Å². The van der Waals surface area contributed by atoms with Gasteiger partial charge in [-0.25, -0.2) is 4.79 Å². The third-order valence-electron chi connectivity index (χ3n) is 2.39. The maximum atomic E-state index is 11.7. The first-order valence-corrected chi connectivity index (χ1v) is 6.40. The first-order chi connectivity index (χ1) is 9.04. The molecule has 0 fully saturated rings. The second-order valence-corrected chi connectivity index (χ2v) is 4.41. The summed E-state index contributed by atoms with van der Waals surface area (Å²) in [6.07, 6.45) is 0. The second-order valence-electron chi connectivity index (χ2n) is 4.10. The van der Waals surface area contributed by atoms with Gasteiger partial charge < -0.3 is 15.8 Å². The van der Waals surface area contributed by atoms with Crippen LogP contribution in [-0.4, -0.2) is 29.8 Å². The van der Waals surface area contributed by atoms with Crippen molar-refractivity contribution in [2.24, 2.45) is 5.73 Å². The molecular weight excluding hydrogens is 268 g/mol. The van der Waals surface area contributed by atoms with Gasteiger partial charge in [-0.15, -0.1) is 11.6 Å². The van der Waals surface area contributed by atoms with Crippen LogP contribution >= 0.6 is 11.6 Å². The predicted octanol–water partition coefficient (Wildman–Crippen LogP) is 0.801. The Kier molecular flexibility index (Phi) is 6.32. The molecule has 5 nitrogen and oxygen atoms in total. The zero-order valence-corrected chi connectivity index (χ0v) is 11.4. The van der Waals surface area contributed by atoms with Gasteiger partial charge in [-0.1, -0.05) is 30.3 Å². The van der Waals surface area contributed by atoms with Gasteiger partial charge in [-0.2, -0.15) is 0 Å². The third kappa shape index (κ3) is 5.28. The highest BCUT2D eigenvalue weighted by atomic mass is 35.5. The molecule has 0 aliphatic carbocycles. The average molecular weight is 285 g/mol.